The third kappa shape index (κ3) is 2.21. The fourth-order valence-corrected chi connectivity index (χ4v) is 2.18. The molecule has 2 atom stereocenters. The first-order valence-electron chi connectivity index (χ1n) is 5.46. The number of aromatic amines is 1. The molecule has 0 aromatic carbocycles. The van der Waals surface area contributed by atoms with Crippen molar-refractivity contribution in [2.45, 2.75) is 38.8 Å². The molecule has 0 amide bonds. The van der Waals surface area contributed by atoms with Crippen LogP contribution in [0.3, 0.4) is 0 Å². The van der Waals surface area contributed by atoms with E-state index in [0.29, 0.717) is 6.04 Å². The zero-order valence-electron chi connectivity index (χ0n) is 9.63. The van der Waals surface area contributed by atoms with Gasteiger partial charge in [-0.15, -0.1) is 0 Å². The van der Waals surface area contributed by atoms with Gasteiger partial charge in [0.05, 0.1) is 12.8 Å². The number of aryl methyl sites for hydroxylation is 1. The van der Waals surface area contributed by atoms with Gasteiger partial charge in [-0.1, -0.05) is 0 Å². The monoisotopic (exact) mass is 209 g/mol. The minimum atomic E-state index is 0.114. The normalized spacial score (nSPS) is 28.2. The van der Waals surface area contributed by atoms with Crippen LogP contribution in [0.15, 0.2) is 6.20 Å². The molecule has 1 aromatic rings. The lowest BCUT2D eigenvalue weighted by molar-refractivity contribution is 0.167. The number of nitrogens with zero attached hydrogens (tertiary/aromatic N) is 1. The van der Waals surface area contributed by atoms with Gasteiger partial charge >= 0.3 is 0 Å². The molecule has 0 saturated carbocycles. The summed E-state index contributed by atoms with van der Waals surface area (Å²) in [7, 11) is 0. The maximum Gasteiger partial charge on any atom is 0.0646 e. The predicted molar refractivity (Wildman–Crippen MR) is 58.7 cm³/mol. The standard InChI is InChI=1S/C11H19N3O/c1-8(10-6-12-14-9(10)2)13-11(3)4-5-15-7-11/h6,8,13H,4-5,7H2,1-3H3,(H,12,14). The molecule has 0 spiro atoms. The summed E-state index contributed by atoms with van der Waals surface area (Å²) in [5.41, 5.74) is 2.49. The lowest BCUT2D eigenvalue weighted by Gasteiger charge is -2.28. The van der Waals surface area contributed by atoms with Gasteiger partial charge in [-0.25, -0.2) is 0 Å². The molecular weight excluding hydrogens is 190 g/mol. The van der Waals surface area contributed by atoms with Gasteiger partial charge in [-0.2, -0.15) is 5.10 Å². The average molecular weight is 209 g/mol. The Hall–Kier alpha value is -0.870. The van der Waals surface area contributed by atoms with Gasteiger partial charge in [0.25, 0.3) is 0 Å². The molecule has 84 valence electrons. The number of hydrogen-bond acceptors (Lipinski definition) is 3. The SMILES string of the molecule is Cc1[nH]ncc1C(C)NC1(C)CCOC1. The van der Waals surface area contributed by atoms with Crippen LogP contribution in [0.5, 0.6) is 0 Å². The van der Waals surface area contributed by atoms with E-state index in [-0.39, 0.29) is 5.54 Å². The van der Waals surface area contributed by atoms with Crippen LogP contribution < -0.4 is 5.32 Å². The molecule has 15 heavy (non-hydrogen) atoms. The van der Waals surface area contributed by atoms with Crippen molar-refractivity contribution in [2.75, 3.05) is 13.2 Å². The fourth-order valence-electron chi connectivity index (χ4n) is 2.18. The molecule has 1 aliphatic rings. The van der Waals surface area contributed by atoms with Gasteiger partial charge in [0.1, 0.15) is 0 Å². The zero-order valence-corrected chi connectivity index (χ0v) is 9.63. The second-order valence-electron chi connectivity index (χ2n) is 4.68. The van der Waals surface area contributed by atoms with Crippen molar-refractivity contribution >= 4 is 0 Å². The highest BCUT2D eigenvalue weighted by atomic mass is 16.5. The summed E-state index contributed by atoms with van der Waals surface area (Å²) in [5, 5.41) is 10.6. The molecule has 1 fully saturated rings. The first-order valence-corrected chi connectivity index (χ1v) is 5.46. The molecule has 2 N–H and O–H groups in total. The van der Waals surface area contributed by atoms with Gasteiger partial charge < -0.3 is 10.1 Å². The van der Waals surface area contributed by atoms with Crippen LogP contribution in [-0.2, 0) is 4.74 Å². The third-order valence-corrected chi connectivity index (χ3v) is 3.12. The van der Waals surface area contributed by atoms with E-state index >= 15 is 0 Å². The summed E-state index contributed by atoms with van der Waals surface area (Å²) in [5.74, 6) is 0. The Morgan fingerprint density at radius 3 is 3.00 bits per heavy atom. The Kier molecular flexibility index (Phi) is 2.80. The lowest BCUT2D eigenvalue weighted by atomic mass is 9.98. The Balaban J connectivity index is 2.03. The van der Waals surface area contributed by atoms with E-state index in [1.54, 1.807) is 0 Å². The maximum absolute atomic E-state index is 5.42. The zero-order chi connectivity index (χ0) is 10.9. The van der Waals surface area contributed by atoms with Gasteiger partial charge in [0.15, 0.2) is 0 Å². The highest BCUT2D eigenvalue weighted by molar-refractivity contribution is 5.19. The van der Waals surface area contributed by atoms with Crippen LogP contribution >= 0.6 is 0 Å². The van der Waals surface area contributed by atoms with Crippen LogP contribution in [0.2, 0.25) is 0 Å². The molecule has 2 unspecified atom stereocenters. The molecule has 1 aromatic heterocycles. The Morgan fingerprint density at radius 1 is 1.67 bits per heavy atom. The van der Waals surface area contributed by atoms with Crippen LogP contribution in [0.25, 0.3) is 0 Å². The van der Waals surface area contributed by atoms with Crippen molar-refractivity contribution in [3.05, 3.63) is 17.5 Å². The van der Waals surface area contributed by atoms with E-state index < -0.39 is 0 Å². The molecule has 0 aliphatic carbocycles. The molecule has 4 nitrogen and oxygen atoms in total. The lowest BCUT2D eigenvalue weighted by Crippen LogP contribution is -2.44. The number of aromatic nitrogens is 2. The van der Waals surface area contributed by atoms with E-state index in [9.17, 15) is 0 Å². The molecule has 2 rings (SSSR count). The number of hydrogen-bond donors (Lipinski definition) is 2. The smallest absolute Gasteiger partial charge is 0.0646 e. The number of ether oxygens (including phenoxy) is 1. The molecule has 1 saturated heterocycles. The molecule has 0 radical (unpaired) electrons. The van der Waals surface area contributed by atoms with Crippen molar-refractivity contribution in [3.8, 4) is 0 Å². The van der Waals surface area contributed by atoms with E-state index in [4.69, 9.17) is 4.74 Å². The van der Waals surface area contributed by atoms with Crippen LogP contribution in [0.1, 0.15) is 37.6 Å². The highest BCUT2D eigenvalue weighted by Gasteiger charge is 2.31. The number of H-pyrrole nitrogens is 1. The van der Waals surface area contributed by atoms with Crippen molar-refractivity contribution in [2.24, 2.45) is 0 Å². The Labute approximate surface area is 90.4 Å². The highest BCUT2D eigenvalue weighted by Crippen LogP contribution is 2.23. The summed E-state index contributed by atoms with van der Waals surface area (Å²) in [4.78, 5) is 0. The van der Waals surface area contributed by atoms with E-state index in [1.807, 2.05) is 13.1 Å². The van der Waals surface area contributed by atoms with Crippen molar-refractivity contribution in [3.63, 3.8) is 0 Å². The number of rotatable bonds is 3. The second kappa shape index (κ2) is 3.94. The minimum Gasteiger partial charge on any atom is -0.379 e. The second-order valence-corrected chi connectivity index (χ2v) is 4.68. The summed E-state index contributed by atoms with van der Waals surface area (Å²) in [6, 6.07) is 0.315. The average Bonchev–Trinajstić information content (AvgIpc) is 2.74. The maximum atomic E-state index is 5.42. The quantitative estimate of drug-likeness (QED) is 0.794. The van der Waals surface area contributed by atoms with E-state index in [1.165, 1.54) is 5.56 Å². The summed E-state index contributed by atoms with van der Waals surface area (Å²) >= 11 is 0. The van der Waals surface area contributed by atoms with E-state index in [2.05, 4.69) is 29.4 Å². The first-order chi connectivity index (χ1) is 7.11. The van der Waals surface area contributed by atoms with Gasteiger partial charge in [0.2, 0.25) is 0 Å². The topological polar surface area (TPSA) is 49.9 Å². The summed E-state index contributed by atoms with van der Waals surface area (Å²) in [6.07, 6.45) is 2.97. The van der Waals surface area contributed by atoms with Gasteiger partial charge in [0, 0.05) is 29.4 Å². The third-order valence-electron chi connectivity index (χ3n) is 3.12. The molecule has 1 aliphatic heterocycles. The van der Waals surface area contributed by atoms with Crippen LogP contribution in [0.4, 0.5) is 0 Å². The molecule has 2 heterocycles. The Morgan fingerprint density at radius 2 is 2.47 bits per heavy atom. The van der Waals surface area contributed by atoms with Gasteiger partial charge in [-0.3, -0.25) is 5.10 Å². The first kappa shape index (κ1) is 10.6. The summed E-state index contributed by atoms with van der Waals surface area (Å²) < 4.78 is 5.42. The molecule has 0 bridgehead atoms. The van der Waals surface area contributed by atoms with Crippen molar-refractivity contribution < 1.29 is 4.74 Å². The van der Waals surface area contributed by atoms with Gasteiger partial charge in [-0.05, 0) is 27.2 Å². The van der Waals surface area contributed by atoms with Crippen molar-refractivity contribution in [1.29, 1.82) is 0 Å². The largest absolute Gasteiger partial charge is 0.379 e. The minimum absolute atomic E-state index is 0.114. The molecular formula is C11H19N3O. The Bertz CT molecular complexity index is 328. The van der Waals surface area contributed by atoms with E-state index in [0.717, 1.165) is 25.3 Å². The van der Waals surface area contributed by atoms with Crippen LogP contribution in [-0.4, -0.2) is 29.0 Å². The number of nitrogens with one attached hydrogen (secondary N) is 2. The van der Waals surface area contributed by atoms with Crippen LogP contribution in [0, 0.1) is 6.92 Å². The molecule has 4 heteroatoms. The fraction of sp³-hybridized carbons (Fsp3) is 0.727. The predicted octanol–water partition coefficient (Wildman–Crippen LogP) is 1.55. The van der Waals surface area contributed by atoms with Crippen molar-refractivity contribution in [1.82, 2.24) is 15.5 Å². The summed E-state index contributed by atoms with van der Waals surface area (Å²) in [6.45, 7) is 8.09.